The molecule has 0 saturated carbocycles. The summed E-state index contributed by atoms with van der Waals surface area (Å²) in [7, 11) is 0. The van der Waals surface area contributed by atoms with Crippen LogP contribution in [0.5, 0.6) is 0 Å². The number of hydrogen-bond acceptors (Lipinski definition) is 5. The molecule has 0 bridgehead atoms. The van der Waals surface area contributed by atoms with E-state index in [1.54, 1.807) is 43.3 Å². The molecule has 2 N–H and O–H groups in total. The summed E-state index contributed by atoms with van der Waals surface area (Å²) in [6, 6.07) is 8.34. The first-order chi connectivity index (χ1) is 10.5. The van der Waals surface area contributed by atoms with Crippen LogP contribution in [-0.4, -0.2) is 14.7 Å². The largest absolute Gasteiger partial charge is 0.805 e. The fourth-order valence-corrected chi connectivity index (χ4v) is 2.19. The Labute approximate surface area is 125 Å². The Hall–Kier alpha value is -3.22. The molecule has 0 fully saturated rings. The summed E-state index contributed by atoms with van der Waals surface area (Å²) in [5.41, 5.74) is 7.70. The molecule has 0 spiro atoms. The van der Waals surface area contributed by atoms with E-state index in [4.69, 9.17) is 5.73 Å². The molecule has 0 aliphatic rings. The van der Waals surface area contributed by atoms with E-state index in [-0.39, 0.29) is 11.6 Å². The van der Waals surface area contributed by atoms with E-state index in [1.807, 2.05) is 0 Å². The molecule has 1 aromatic carbocycles. The third kappa shape index (κ3) is 2.51. The van der Waals surface area contributed by atoms with Crippen LogP contribution in [0.25, 0.3) is 23.2 Å². The first kappa shape index (κ1) is 13.7. The van der Waals surface area contributed by atoms with Gasteiger partial charge in [0.05, 0.1) is 10.1 Å². The number of nitrogen functional groups attached to an aromatic ring is 1. The van der Waals surface area contributed by atoms with Crippen LogP contribution in [0.3, 0.4) is 0 Å². The first-order valence-corrected chi connectivity index (χ1v) is 6.58. The number of aromatic nitrogens is 4. The highest BCUT2D eigenvalue weighted by Gasteiger charge is 2.09. The van der Waals surface area contributed by atoms with Crippen molar-refractivity contribution < 1.29 is 4.43 Å². The minimum atomic E-state index is 0.159. The van der Waals surface area contributed by atoms with Gasteiger partial charge in [-0.15, -0.1) is 0 Å². The van der Waals surface area contributed by atoms with Gasteiger partial charge in [-0.1, -0.05) is 12.1 Å². The Morgan fingerprint density at radius 1 is 1.27 bits per heavy atom. The summed E-state index contributed by atoms with van der Waals surface area (Å²) in [6.07, 6.45) is 4.36. The van der Waals surface area contributed by atoms with Gasteiger partial charge in [0.2, 0.25) is 5.95 Å². The van der Waals surface area contributed by atoms with Gasteiger partial charge in [-0.2, -0.15) is 0 Å². The molecule has 0 aliphatic carbocycles. The van der Waals surface area contributed by atoms with Crippen LogP contribution in [0, 0.1) is 17.0 Å². The smallest absolute Gasteiger partial charge is 0.286 e. The van der Waals surface area contributed by atoms with Crippen LogP contribution in [0.2, 0.25) is 0 Å². The lowest BCUT2D eigenvalue weighted by atomic mass is 10.2. The van der Waals surface area contributed by atoms with Gasteiger partial charge in [-0.05, 0) is 31.2 Å². The number of aryl methyl sites for hydroxylation is 1. The van der Waals surface area contributed by atoms with Crippen molar-refractivity contribution in [1.29, 1.82) is 0 Å². The third-order valence-electron chi connectivity index (χ3n) is 3.14. The predicted molar refractivity (Wildman–Crippen MR) is 84.2 cm³/mol. The maximum absolute atomic E-state index is 12.3. The lowest BCUT2D eigenvalue weighted by molar-refractivity contribution is -0.464. The Morgan fingerprint density at radius 3 is 2.82 bits per heavy atom. The lowest BCUT2D eigenvalue weighted by Crippen LogP contribution is -2.18. The zero-order valence-corrected chi connectivity index (χ0v) is 11.8. The van der Waals surface area contributed by atoms with E-state index in [0.717, 1.165) is 5.69 Å². The molecular weight excluding hydrogens is 282 g/mol. The topological polar surface area (TPSA) is 103 Å². The van der Waals surface area contributed by atoms with Crippen molar-refractivity contribution >= 4 is 29.1 Å². The van der Waals surface area contributed by atoms with Gasteiger partial charge < -0.3 is 15.7 Å². The molecule has 0 unspecified atom stereocenters. The standard InChI is InChI=1S/C15H13N5O2/c1-10-8-11(18-15(16)17-10)6-7-12-9-19(21)13-4-2-3-5-14(13)20(12)22/h2-9H,1H3,(H2,16,17,18)/b7-6+. The van der Waals surface area contributed by atoms with Gasteiger partial charge in [0, 0.05) is 16.7 Å². The number of hydrogen-bond donors (Lipinski definition) is 1. The molecule has 0 saturated heterocycles. The quantitative estimate of drug-likeness (QED) is 0.725. The van der Waals surface area contributed by atoms with Gasteiger partial charge in [-0.3, -0.25) is 0 Å². The van der Waals surface area contributed by atoms with Crippen molar-refractivity contribution in [2.75, 3.05) is 5.73 Å². The summed E-state index contributed by atoms with van der Waals surface area (Å²) >= 11 is 0. The average molecular weight is 295 g/mol. The second kappa shape index (κ2) is 5.28. The predicted octanol–water partition coefficient (Wildman–Crippen LogP) is 1.75. The second-order valence-corrected chi connectivity index (χ2v) is 4.79. The highest BCUT2D eigenvalue weighted by molar-refractivity contribution is 5.75. The lowest BCUT2D eigenvalue weighted by Gasteiger charge is -2.14. The maximum atomic E-state index is 12.3. The Morgan fingerprint density at radius 2 is 2.05 bits per heavy atom. The van der Waals surface area contributed by atoms with Crippen molar-refractivity contribution in [2.45, 2.75) is 6.92 Å². The van der Waals surface area contributed by atoms with E-state index in [1.165, 1.54) is 12.3 Å². The fraction of sp³-hybridized carbons (Fsp3) is 0.0667. The molecule has 7 heteroatoms. The normalized spacial score (nSPS) is 11.3. The highest BCUT2D eigenvalue weighted by Crippen LogP contribution is 2.13. The molecule has 3 aromatic rings. The van der Waals surface area contributed by atoms with Crippen LogP contribution in [0.15, 0.2) is 36.5 Å². The molecular formula is C15H13N5O2. The van der Waals surface area contributed by atoms with Crippen LogP contribution in [0.4, 0.5) is 5.95 Å². The zero-order valence-electron chi connectivity index (χ0n) is 11.8. The molecule has 2 aromatic heterocycles. The zero-order chi connectivity index (χ0) is 15.7. The molecule has 0 atom stereocenters. The SMILES string of the molecule is Cc1cc(/C=C/c2c[n+](=O)c3ccccc3n2[O-])nc(N)n1. The summed E-state index contributed by atoms with van der Waals surface area (Å²) in [5, 5.41) is 12.3. The number of nitrogens with two attached hydrogens (primary N) is 1. The van der Waals surface area contributed by atoms with Crippen LogP contribution >= 0.6 is 0 Å². The Bertz CT molecular complexity index is 926. The third-order valence-corrected chi connectivity index (χ3v) is 3.14. The molecule has 0 radical (unpaired) electrons. The number of fused-ring (bicyclic) bond motifs is 1. The van der Waals surface area contributed by atoms with E-state index < -0.39 is 0 Å². The van der Waals surface area contributed by atoms with Gasteiger partial charge in [0.1, 0.15) is 11.2 Å². The maximum Gasteiger partial charge on any atom is 0.286 e. The van der Waals surface area contributed by atoms with Crippen molar-refractivity contribution in [3.63, 3.8) is 0 Å². The van der Waals surface area contributed by atoms with E-state index in [0.29, 0.717) is 25.9 Å². The average Bonchev–Trinajstić information content (AvgIpc) is 2.49. The second-order valence-electron chi connectivity index (χ2n) is 4.79. The van der Waals surface area contributed by atoms with Crippen LogP contribution < -0.4 is 10.2 Å². The molecule has 2 heterocycles. The van der Waals surface area contributed by atoms with E-state index >= 15 is 0 Å². The summed E-state index contributed by atoms with van der Waals surface area (Å²) in [5.74, 6) is 0.159. The minimum absolute atomic E-state index is 0.159. The van der Waals surface area contributed by atoms with Gasteiger partial charge >= 0.3 is 0 Å². The Balaban J connectivity index is 2.09. The van der Waals surface area contributed by atoms with Crippen LogP contribution in [0.1, 0.15) is 17.1 Å². The Kier molecular flexibility index (Phi) is 3.30. The summed E-state index contributed by atoms with van der Waals surface area (Å²) in [4.78, 5) is 20.0. The van der Waals surface area contributed by atoms with E-state index in [2.05, 4.69) is 9.97 Å². The van der Waals surface area contributed by atoms with Gasteiger partial charge in [0.25, 0.3) is 11.7 Å². The molecule has 0 amide bonds. The van der Waals surface area contributed by atoms with Gasteiger partial charge in [0.15, 0.2) is 0 Å². The molecule has 7 nitrogen and oxygen atoms in total. The van der Waals surface area contributed by atoms with E-state index in [9.17, 15) is 10.1 Å². The van der Waals surface area contributed by atoms with Gasteiger partial charge in [-0.25, -0.2) is 9.97 Å². The fourth-order valence-electron chi connectivity index (χ4n) is 2.19. The highest BCUT2D eigenvalue weighted by atomic mass is 16.5. The molecule has 3 rings (SSSR count). The summed E-state index contributed by atoms with van der Waals surface area (Å²) in [6.45, 7) is 1.80. The van der Waals surface area contributed by atoms with Crippen molar-refractivity contribution in [2.24, 2.45) is 0 Å². The van der Waals surface area contributed by atoms with Crippen molar-refractivity contribution in [3.05, 3.63) is 63.7 Å². The first-order valence-electron chi connectivity index (χ1n) is 6.58. The number of anilines is 1. The monoisotopic (exact) mass is 295 g/mol. The minimum Gasteiger partial charge on any atom is -0.805 e. The van der Waals surface area contributed by atoms with Crippen LogP contribution in [-0.2, 0) is 0 Å². The number of para-hydroxylation sites is 2. The number of nitrogens with zero attached hydrogens (tertiary/aromatic N) is 4. The number of benzene rings is 1. The molecule has 22 heavy (non-hydrogen) atoms. The number of rotatable bonds is 2. The summed E-state index contributed by atoms with van der Waals surface area (Å²) < 4.78 is 1.38. The molecule has 110 valence electrons. The molecule has 0 aliphatic heterocycles. The van der Waals surface area contributed by atoms with Crippen molar-refractivity contribution in [3.8, 4) is 0 Å². The van der Waals surface area contributed by atoms with Crippen molar-refractivity contribution in [1.82, 2.24) is 14.7 Å².